The maximum absolute atomic E-state index is 14.5. The van der Waals surface area contributed by atoms with Crippen LogP contribution in [0, 0.1) is 20.8 Å². The van der Waals surface area contributed by atoms with E-state index in [1.807, 2.05) is 54.5 Å². The highest BCUT2D eigenvalue weighted by molar-refractivity contribution is 6.54. The van der Waals surface area contributed by atoms with Crippen LogP contribution in [0.3, 0.4) is 0 Å². The first-order chi connectivity index (χ1) is 9.53. The van der Waals surface area contributed by atoms with Crippen LogP contribution in [-0.2, 0) is 9.31 Å². The van der Waals surface area contributed by atoms with Crippen molar-refractivity contribution in [3.8, 4) is 0 Å². The molecule has 1 saturated heterocycles. The van der Waals surface area contributed by atoms with E-state index in [2.05, 4.69) is 4.98 Å². The molecule has 1 fully saturated rings. The molecule has 0 radical (unpaired) electrons. The van der Waals surface area contributed by atoms with Crippen molar-refractivity contribution < 1.29 is 13.7 Å². The molecule has 1 aromatic heterocycles. The van der Waals surface area contributed by atoms with E-state index in [4.69, 9.17) is 9.31 Å². The zero-order valence-electron chi connectivity index (χ0n) is 13.9. The molecule has 0 aliphatic carbocycles. The van der Waals surface area contributed by atoms with E-state index in [9.17, 15) is 4.39 Å². The smallest absolute Gasteiger partial charge is 0.398 e. The largest absolute Gasteiger partial charge is 0.525 e. The van der Waals surface area contributed by atoms with Gasteiger partial charge in [-0.2, -0.15) is 0 Å². The van der Waals surface area contributed by atoms with Gasteiger partial charge in [0.15, 0.2) is 0 Å². The number of pyridine rings is 1. The van der Waals surface area contributed by atoms with Gasteiger partial charge in [-0.3, -0.25) is 4.98 Å². The molecule has 0 aromatic carbocycles. The number of halogens is 1. The number of aryl methyl sites for hydroxylation is 3. The predicted octanol–water partition coefficient (Wildman–Crippen LogP) is 3.95. The number of aromatic nitrogens is 1. The predicted molar refractivity (Wildman–Crippen MR) is 83.6 cm³/mol. The lowest BCUT2D eigenvalue weighted by Gasteiger charge is -2.32. The van der Waals surface area contributed by atoms with Crippen LogP contribution in [0.15, 0.2) is 11.8 Å². The Morgan fingerprint density at radius 3 is 2.14 bits per heavy atom. The van der Waals surface area contributed by atoms with Crippen LogP contribution in [0.1, 0.15) is 50.2 Å². The second-order valence-corrected chi connectivity index (χ2v) is 6.70. The molecule has 0 saturated carbocycles. The standard InChI is InChI=1S/C16H23BFNO2/c1-10-8-11(2)19-12(3)13(10)9-14(18)17-20-15(4,5)16(6,7)21-17/h8-9H,1-7H3. The molecular weight excluding hydrogens is 268 g/mol. The van der Waals surface area contributed by atoms with Gasteiger partial charge in [0.2, 0.25) is 0 Å². The van der Waals surface area contributed by atoms with Crippen molar-refractivity contribution in [1.82, 2.24) is 4.98 Å². The molecule has 2 heterocycles. The molecule has 1 aromatic rings. The maximum Gasteiger partial charge on any atom is 0.525 e. The Balaban J connectivity index is 2.32. The summed E-state index contributed by atoms with van der Waals surface area (Å²) in [5.74, 6) is 0. The summed E-state index contributed by atoms with van der Waals surface area (Å²) in [5.41, 5.74) is 2.00. The Labute approximate surface area is 126 Å². The first-order valence-electron chi connectivity index (χ1n) is 7.21. The number of hydrogen-bond acceptors (Lipinski definition) is 3. The fourth-order valence-electron chi connectivity index (χ4n) is 2.41. The summed E-state index contributed by atoms with van der Waals surface area (Å²) in [5, 5.41) is 0. The zero-order valence-corrected chi connectivity index (χ0v) is 13.9. The number of nitrogens with zero attached hydrogens (tertiary/aromatic N) is 1. The van der Waals surface area contributed by atoms with Crippen molar-refractivity contribution in [2.75, 3.05) is 0 Å². The molecule has 1 aliphatic rings. The molecule has 3 nitrogen and oxygen atoms in total. The van der Waals surface area contributed by atoms with E-state index in [1.54, 1.807) is 0 Å². The minimum absolute atomic E-state index is 0.425. The van der Waals surface area contributed by atoms with Gasteiger partial charge in [0, 0.05) is 17.0 Å². The average molecular weight is 291 g/mol. The van der Waals surface area contributed by atoms with Gasteiger partial charge in [-0.05, 0) is 66.2 Å². The minimum Gasteiger partial charge on any atom is -0.398 e. The van der Waals surface area contributed by atoms with E-state index in [1.165, 1.54) is 6.08 Å². The monoisotopic (exact) mass is 291 g/mol. The number of rotatable bonds is 2. The molecule has 1 aliphatic heterocycles. The molecule has 0 amide bonds. The molecule has 0 N–H and O–H groups in total. The molecule has 0 unspecified atom stereocenters. The lowest BCUT2D eigenvalue weighted by molar-refractivity contribution is 0.00578. The third-order valence-corrected chi connectivity index (χ3v) is 4.34. The second-order valence-electron chi connectivity index (χ2n) is 6.70. The topological polar surface area (TPSA) is 31.4 Å². The van der Waals surface area contributed by atoms with Crippen LogP contribution in [0.2, 0.25) is 0 Å². The summed E-state index contributed by atoms with van der Waals surface area (Å²) < 4.78 is 26.0. The molecule has 114 valence electrons. The van der Waals surface area contributed by atoms with E-state index in [0.717, 1.165) is 22.5 Å². The Morgan fingerprint density at radius 2 is 1.67 bits per heavy atom. The highest BCUT2D eigenvalue weighted by atomic mass is 19.1. The van der Waals surface area contributed by atoms with Crippen LogP contribution >= 0.6 is 0 Å². The van der Waals surface area contributed by atoms with Crippen LogP contribution in [0.4, 0.5) is 4.39 Å². The highest BCUT2D eigenvalue weighted by Gasteiger charge is 2.53. The van der Waals surface area contributed by atoms with Crippen molar-refractivity contribution in [3.05, 3.63) is 34.3 Å². The first kappa shape index (κ1) is 16.2. The quantitative estimate of drug-likeness (QED) is 0.773. The summed E-state index contributed by atoms with van der Waals surface area (Å²) in [6.07, 6.45) is 1.47. The Hall–Kier alpha value is -1.20. The Kier molecular flexibility index (Phi) is 4.02. The molecular formula is C16H23BFNO2. The highest BCUT2D eigenvalue weighted by Crippen LogP contribution is 2.39. The van der Waals surface area contributed by atoms with Crippen LogP contribution in [-0.4, -0.2) is 23.3 Å². The van der Waals surface area contributed by atoms with E-state index in [-0.39, 0.29) is 0 Å². The van der Waals surface area contributed by atoms with Gasteiger partial charge in [0.25, 0.3) is 0 Å². The summed E-state index contributed by atoms with van der Waals surface area (Å²) in [4.78, 5) is 4.38. The molecule has 5 heteroatoms. The van der Waals surface area contributed by atoms with Gasteiger partial charge in [0.05, 0.1) is 11.2 Å². The third-order valence-electron chi connectivity index (χ3n) is 4.34. The second kappa shape index (κ2) is 5.22. The molecule has 0 bridgehead atoms. The Bertz CT molecular complexity index is 557. The third kappa shape index (κ3) is 3.04. The molecule has 21 heavy (non-hydrogen) atoms. The van der Waals surface area contributed by atoms with E-state index < -0.39 is 24.0 Å². The van der Waals surface area contributed by atoms with Crippen LogP contribution in [0.25, 0.3) is 6.08 Å². The van der Waals surface area contributed by atoms with Gasteiger partial charge in [-0.1, -0.05) is 0 Å². The summed E-state index contributed by atoms with van der Waals surface area (Å²) in [6, 6.07) is 1.94. The Morgan fingerprint density at radius 1 is 1.14 bits per heavy atom. The minimum atomic E-state index is -0.963. The van der Waals surface area contributed by atoms with Gasteiger partial charge in [-0.15, -0.1) is 0 Å². The van der Waals surface area contributed by atoms with Gasteiger partial charge >= 0.3 is 7.12 Å². The maximum atomic E-state index is 14.5. The van der Waals surface area contributed by atoms with Crippen LogP contribution in [0.5, 0.6) is 0 Å². The SMILES string of the molecule is Cc1cc(C)c(C=C(F)B2OC(C)(C)C(C)(C)O2)c(C)n1. The van der Waals surface area contributed by atoms with Crippen LogP contribution < -0.4 is 0 Å². The van der Waals surface area contributed by atoms with E-state index in [0.29, 0.717) is 0 Å². The normalized spacial score (nSPS) is 21.0. The van der Waals surface area contributed by atoms with Crippen molar-refractivity contribution in [3.63, 3.8) is 0 Å². The van der Waals surface area contributed by atoms with Gasteiger partial charge < -0.3 is 9.31 Å². The lowest BCUT2D eigenvalue weighted by Crippen LogP contribution is -2.41. The average Bonchev–Trinajstić information content (AvgIpc) is 2.53. The molecule has 0 atom stereocenters. The molecule has 2 rings (SSSR count). The van der Waals surface area contributed by atoms with Crippen molar-refractivity contribution in [2.45, 2.75) is 59.7 Å². The molecule has 0 spiro atoms. The van der Waals surface area contributed by atoms with Gasteiger partial charge in [0.1, 0.15) is 5.73 Å². The van der Waals surface area contributed by atoms with Crippen molar-refractivity contribution in [2.24, 2.45) is 0 Å². The number of hydrogen-bond donors (Lipinski definition) is 0. The first-order valence-corrected chi connectivity index (χ1v) is 7.21. The van der Waals surface area contributed by atoms with Gasteiger partial charge in [-0.25, -0.2) is 4.39 Å². The summed E-state index contributed by atoms with van der Waals surface area (Å²) in [6.45, 7) is 13.4. The summed E-state index contributed by atoms with van der Waals surface area (Å²) >= 11 is 0. The fraction of sp³-hybridized carbons (Fsp3) is 0.562. The summed E-state index contributed by atoms with van der Waals surface area (Å²) in [7, 11) is -0.963. The lowest BCUT2D eigenvalue weighted by atomic mass is 9.86. The van der Waals surface area contributed by atoms with Crippen molar-refractivity contribution >= 4 is 13.2 Å². The van der Waals surface area contributed by atoms with E-state index >= 15 is 0 Å². The fourth-order valence-corrected chi connectivity index (χ4v) is 2.41. The van der Waals surface area contributed by atoms with Crippen molar-refractivity contribution in [1.29, 1.82) is 0 Å². The zero-order chi connectivity index (χ0) is 16.0.